The number of ether oxygens (including phenoxy) is 1. The number of nitrogens with zero attached hydrogens (tertiary/aromatic N) is 3. The maximum Gasteiger partial charge on any atom is 0.140 e. The van der Waals surface area contributed by atoms with Gasteiger partial charge >= 0.3 is 0 Å². The van der Waals surface area contributed by atoms with Crippen LogP contribution in [0.5, 0.6) is 5.75 Å². The SMILES string of the molecule is COc1ccnc(C2CCN(Cc3noc4c3CCCC4)C2)c1. The molecule has 0 saturated carbocycles. The number of rotatable bonds is 4. The van der Waals surface area contributed by atoms with Gasteiger partial charge in [-0.25, -0.2) is 0 Å². The Bertz CT molecular complexity index is 683. The van der Waals surface area contributed by atoms with E-state index in [-0.39, 0.29) is 0 Å². The lowest BCUT2D eigenvalue weighted by Crippen LogP contribution is -2.21. The third kappa shape index (κ3) is 2.98. The van der Waals surface area contributed by atoms with Crippen LogP contribution in [0.25, 0.3) is 0 Å². The first-order valence-corrected chi connectivity index (χ1v) is 8.52. The Morgan fingerprint density at radius 3 is 3.17 bits per heavy atom. The maximum atomic E-state index is 5.53. The lowest BCUT2D eigenvalue weighted by atomic mass is 9.96. The first kappa shape index (κ1) is 14.7. The van der Waals surface area contributed by atoms with E-state index in [0.717, 1.165) is 61.8 Å². The minimum Gasteiger partial charge on any atom is -0.497 e. The molecule has 4 rings (SSSR count). The van der Waals surface area contributed by atoms with Crippen molar-refractivity contribution in [2.45, 2.75) is 44.6 Å². The predicted octanol–water partition coefficient (Wildman–Crippen LogP) is 2.95. The zero-order chi connectivity index (χ0) is 15.6. The second-order valence-corrected chi connectivity index (χ2v) is 6.58. The summed E-state index contributed by atoms with van der Waals surface area (Å²) in [5.41, 5.74) is 3.66. The number of pyridine rings is 1. The van der Waals surface area contributed by atoms with Crippen LogP contribution in [0, 0.1) is 0 Å². The molecule has 2 aliphatic rings. The Morgan fingerprint density at radius 1 is 1.35 bits per heavy atom. The van der Waals surface area contributed by atoms with E-state index in [0.29, 0.717) is 5.92 Å². The average Bonchev–Trinajstić information content (AvgIpc) is 3.23. The number of fused-ring (bicyclic) bond motifs is 1. The number of hydrogen-bond acceptors (Lipinski definition) is 5. The van der Waals surface area contributed by atoms with Crippen molar-refractivity contribution in [3.8, 4) is 5.75 Å². The summed E-state index contributed by atoms with van der Waals surface area (Å²) in [6, 6.07) is 3.96. The highest BCUT2D eigenvalue weighted by Gasteiger charge is 2.27. The molecule has 1 saturated heterocycles. The minimum atomic E-state index is 0.479. The van der Waals surface area contributed by atoms with Crippen LogP contribution in [-0.2, 0) is 19.4 Å². The zero-order valence-corrected chi connectivity index (χ0v) is 13.6. The van der Waals surface area contributed by atoms with E-state index < -0.39 is 0 Å². The molecule has 2 aromatic rings. The molecular formula is C18H23N3O2. The fourth-order valence-corrected chi connectivity index (χ4v) is 3.78. The molecule has 1 unspecified atom stereocenters. The van der Waals surface area contributed by atoms with Crippen LogP contribution in [0.3, 0.4) is 0 Å². The van der Waals surface area contributed by atoms with Crippen molar-refractivity contribution in [3.05, 3.63) is 41.0 Å². The molecule has 3 heterocycles. The van der Waals surface area contributed by atoms with E-state index in [1.165, 1.54) is 18.4 Å². The van der Waals surface area contributed by atoms with Gasteiger partial charge in [0.05, 0.1) is 7.11 Å². The molecule has 1 aliphatic heterocycles. The number of aromatic nitrogens is 2. The molecule has 0 aromatic carbocycles. The van der Waals surface area contributed by atoms with E-state index >= 15 is 0 Å². The highest BCUT2D eigenvalue weighted by atomic mass is 16.5. The number of hydrogen-bond donors (Lipinski definition) is 0. The lowest BCUT2D eigenvalue weighted by molar-refractivity contribution is 0.306. The summed E-state index contributed by atoms with van der Waals surface area (Å²) in [7, 11) is 1.70. The standard InChI is InChI=1S/C18H23N3O2/c1-22-14-6-8-19-16(10-14)13-7-9-21(11-13)12-17-15-4-2-3-5-18(15)23-20-17/h6,8,10,13H,2-5,7,9,11-12H2,1H3. The second kappa shape index (κ2) is 6.32. The molecule has 1 fully saturated rings. The minimum absolute atomic E-state index is 0.479. The fourth-order valence-electron chi connectivity index (χ4n) is 3.78. The van der Waals surface area contributed by atoms with Crippen LogP contribution in [0.1, 0.15) is 47.9 Å². The van der Waals surface area contributed by atoms with Gasteiger partial charge < -0.3 is 9.26 Å². The summed E-state index contributed by atoms with van der Waals surface area (Å²) in [4.78, 5) is 7.00. The van der Waals surface area contributed by atoms with E-state index in [2.05, 4.69) is 21.1 Å². The van der Waals surface area contributed by atoms with Crippen LogP contribution in [0.4, 0.5) is 0 Å². The van der Waals surface area contributed by atoms with Gasteiger partial charge in [0.25, 0.3) is 0 Å². The van der Waals surface area contributed by atoms with Gasteiger partial charge in [-0.2, -0.15) is 0 Å². The van der Waals surface area contributed by atoms with Gasteiger partial charge in [0.2, 0.25) is 0 Å². The molecule has 5 heteroatoms. The maximum absolute atomic E-state index is 5.53. The summed E-state index contributed by atoms with van der Waals surface area (Å²) in [5, 5.41) is 4.33. The molecule has 0 radical (unpaired) electrons. The number of methoxy groups -OCH3 is 1. The van der Waals surface area contributed by atoms with Crippen LogP contribution in [0.2, 0.25) is 0 Å². The van der Waals surface area contributed by atoms with Gasteiger partial charge in [-0.15, -0.1) is 0 Å². The van der Waals surface area contributed by atoms with Crippen LogP contribution >= 0.6 is 0 Å². The molecule has 122 valence electrons. The van der Waals surface area contributed by atoms with Crippen molar-refractivity contribution < 1.29 is 9.26 Å². The van der Waals surface area contributed by atoms with Crippen molar-refractivity contribution in [1.82, 2.24) is 15.0 Å². The van der Waals surface area contributed by atoms with Crippen molar-refractivity contribution >= 4 is 0 Å². The molecule has 1 atom stereocenters. The molecule has 0 bridgehead atoms. The summed E-state index contributed by atoms with van der Waals surface area (Å²) < 4.78 is 10.8. The molecule has 23 heavy (non-hydrogen) atoms. The topological polar surface area (TPSA) is 51.4 Å². The summed E-state index contributed by atoms with van der Waals surface area (Å²) in [6.45, 7) is 3.02. The molecule has 0 spiro atoms. The van der Waals surface area contributed by atoms with E-state index in [1.807, 2.05) is 12.3 Å². The Hall–Kier alpha value is -1.88. The average molecular weight is 313 g/mol. The molecule has 2 aromatic heterocycles. The third-order valence-corrected chi connectivity index (χ3v) is 5.08. The predicted molar refractivity (Wildman–Crippen MR) is 86.6 cm³/mol. The number of aryl methyl sites for hydroxylation is 1. The van der Waals surface area contributed by atoms with Crippen LogP contribution in [-0.4, -0.2) is 35.2 Å². The monoisotopic (exact) mass is 313 g/mol. The smallest absolute Gasteiger partial charge is 0.140 e. The van der Waals surface area contributed by atoms with Gasteiger partial charge in [-0.3, -0.25) is 9.88 Å². The fraction of sp³-hybridized carbons (Fsp3) is 0.556. The molecule has 1 aliphatic carbocycles. The van der Waals surface area contributed by atoms with Crippen molar-refractivity contribution in [2.24, 2.45) is 0 Å². The Kier molecular flexibility index (Phi) is 4.04. The third-order valence-electron chi connectivity index (χ3n) is 5.08. The summed E-state index contributed by atoms with van der Waals surface area (Å²) in [6.07, 6.45) is 7.65. The highest BCUT2D eigenvalue weighted by Crippen LogP contribution is 2.30. The van der Waals surface area contributed by atoms with Gasteiger partial charge in [-0.1, -0.05) is 5.16 Å². The Morgan fingerprint density at radius 2 is 2.26 bits per heavy atom. The van der Waals surface area contributed by atoms with Crippen LogP contribution in [0.15, 0.2) is 22.9 Å². The van der Waals surface area contributed by atoms with Gasteiger partial charge in [0.1, 0.15) is 17.2 Å². The molecule has 0 amide bonds. The van der Waals surface area contributed by atoms with Crippen molar-refractivity contribution in [3.63, 3.8) is 0 Å². The van der Waals surface area contributed by atoms with Gasteiger partial charge in [0.15, 0.2) is 0 Å². The number of likely N-dealkylation sites (tertiary alicyclic amines) is 1. The van der Waals surface area contributed by atoms with Crippen molar-refractivity contribution in [1.29, 1.82) is 0 Å². The summed E-state index contributed by atoms with van der Waals surface area (Å²) >= 11 is 0. The van der Waals surface area contributed by atoms with Crippen LogP contribution < -0.4 is 4.74 Å². The first-order valence-electron chi connectivity index (χ1n) is 8.52. The summed E-state index contributed by atoms with van der Waals surface area (Å²) in [5.74, 6) is 2.49. The van der Waals surface area contributed by atoms with E-state index in [1.54, 1.807) is 7.11 Å². The second-order valence-electron chi connectivity index (χ2n) is 6.58. The quantitative estimate of drug-likeness (QED) is 0.868. The van der Waals surface area contributed by atoms with Gasteiger partial charge in [0, 0.05) is 48.9 Å². The Balaban J connectivity index is 1.43. The lowest BCUT2D eigenvalue weighted by Gasteiger charge is -2.16. The normalized spacial score (nSPS) is 21.3. The molecule has 5 nitrogen and oxygen atoms in total. The largest absolute Gasteiger partial charge is 0.497 e. The molecular weight excluding hydrogens is 290 g/mol. The van der Waals surface area contributed by atoms with Gasteiger partial charge in [-0.05, 0) is 38.3 Å². The van der Waals surface area contributed by atoms with Crippen molar-refractivity contribution in [2.75, 3.05) is 20.2 Å². The van der Waals surface area contributed by atoms with E-state index in [4.69, 9.17) is 9.26 Å². The first-order chi connectivity index (χ1) is 11.3. The van der Waals surface area contributed by atoms with E-state index in [9.17, 15) is 0 Å². The highest BCUT2D eigenvalue weighted by molar-refractivity contribution is 5.27. The Labute approximate surface area is 136 Å². The molecule has 0 N–H and O–H groups in total. The zero-order valence-electron chi connectivity index (χ0n) is 13.6.